The summed E-state index contributed by atoms with van der Waals surface area (Å²) in [6.45, 7) is 1.58. The molecule has 0 saturated carbocycles. The van der Waals surface area contributed by atoms with Crippen LogP contribution in [-0.2, 0) is 0 Å². The molecule has 2 nitrogen and oxygen atoms in total. The monoisotopic (exact) mass is 160 g/mol. The highest BCUT2D eigenvalue weighted by atomic mass is 16.1. The first-order valence-electron chi connectivity index (χ1n) is 3.69. The predicted octanol–water partition coefficient (Wildman–Crippen LogP) is 2.06. The van der Waals surface area contributed by atoms with E-state index in [1.807, 2.05) is 6.07 Å². The van der Waals surface area contributed by atoms with E-state index in [-0.39, 0.29) is 11.5 Å². The van der Waals surface area contributed by atoms with E-state index >= 15 is 0 Å². The summed E-state index contributed by atoms with van der Waals surface area (Å²) in [7, 11) is 0. The van der Waals surface area contributed by atoms with E-state index < -0.39 is 0 Å². The molecule has 0 spiro atoms. The van der Waals surface area contributed by atoms with E-state index in [1.165, 1.54) is 6.08 Å². The van der Waals surface area contributed by atoms with Gasteiger partial charge in [0.25, 0.3) is 0 Å². The summed E-state index contributed by atoms with van der Waals surface area (Å²) in [6, 6.07) is 8.94. The molecule has 1 radical (unpaired) electrons. The second-order valence-corrected chi connectivity index (χ2v) is 2.56. The molecule has 0 aromatic heterocycles. The predicted molar refractivity (Wildman–Crippen MR) is 47.6 cm³/mol. The van der Waals surface area contributed by atoms with E-state index in [1.54, 1.807) is 31.2 Å². The minimum atomic E-state index is -0.108. The molecule has 2 heteroatoms. The number of nitrogens with one attached hydrogen (secondary N) is 1. The zero-order chi connectivity index (χ0) is 8.97. The van der Waals surface area contributed by atoms with E-state index in [9.17, 15) is 4.79 Å². The van der Waals surface area contributed by atoms with Gasteiger partial charge in [-0.1, -0.05) is 30.3 Å². The Bertz CT molecular complexity index is 297. The highest BCUT2D eigenvalue weighted by Crippen LogP contribution is 2.01. The van der Waals surface area contributed by atoms with E-state index in [2.05, 4.69) is 0 Å². The maximum absolute atomic E-state index is 11.3. The maximum atomic E-state index is 11.3. The van der Waals surface area contributed by atoms with Gasteiger partial charge in [-0.15, -0.1) is 0 Å². The lowest BCUT2D eigenvalue weighted by molar-refractivity contribution is 0.104. The Hall–Kier alpha value is -1.57. The smallest absolute Gasteiger partial charge is 0.187 e. The van der Waals surface area contributed by atoms with Crippen molar-refractivity contribution in [3.8, 4) is 0 Å². The van der Waals surface area contributed by atoms with Crippen molar-refractivity contribution in [1.29, 1.82) is 0 Å². The largest absolute Gasteiger partial charge is 0.305 e. The van der Waals surface area contributed by atoms with Crippen LogP contribution in [0.5, 0.6) is 0 Å². The highest BCUT2D eigenvalue weighted by Gasteiger charge is 1.99. The normalized spacial score (nSPS) is 11.2. The molecule has 0 saturated heterocycles. The molecule has 0 amide bonds. The van der Waals surface area contributed by atoms with Gasteiger partial charge in [0.1, 0.15) is 0 Å². The van der Waals surface area contributed by atoms with E-state index in [0.29, 0.717) is 5.56 Å². The number of allylic oxidation sites excluding steroid dienone is 2. The number of carbonyl (C=O) groups is 1. The lowest BCUT2D eigenvalue weighted by Crippen LogP contribution is -1.94. The third-order valence-electron chi connectivity index (χ3n) is 1.41. The third kappa shape index (κ3) is 2.23. The third-order valence-corrected chi connectivity index (χ3v) is 1.41. The molecule has 0 atom stereocenters. The van der Waals surface area contributed by atoms with Crippen LogP contribution in [0.2, 0.25) is 0 Å². The van der Waals surface area contributed by atoms with Crippen molar-refractivity contribution in [2.24, 2.45) is 0 Å². The summed E-state index contributed by atoms with van der Waals surface area (Å²) < 4.78 is 0. The average Bonchev–Trinajstić information content (AvgIpc) is 2.05. The van der Waals surface area contributed by atoms with Crippen molar-refractivity contribution in [2.45, 2.75) is 6.92 Å². The summed E-state index contributed by atoms with van der Waals surface area (Å²) in [5, 5.41) is 0. The molecule has 0 aliphatic carbocycles. The minimum absolute atomic E-state index is 0.108. The number of hydrogen-bond donors (Lipinski definition) is 0. The fraction of sp³-hybridized carbons (Fsp3) is 0.100. The molecule has 0 bridgehead atoms. The number of hydrogen-bond acceptors (Lipinski definition) is 1. The molecule has 0 aliphatic rings. The SMILES string of the molecule is C/C([NH])=C\C(=O)c1ccccc1. The first-order chi connectivity index (χ1) is 5.70. The Balaban J connectivity index is 2.87. The van der Waals surface area contributed by atoms with Gasteiger partial charge in [0.05, 0.1) is 0 Å². The Labute approximate surface area is 71.7 Å². The van der Waals surface area contributed by atoms with Crippen LogP contribution in [0.25, 0.3) is 0 Å². The standard InChI is InChI=1S/C10H10NO/c1-8(11)7-10(12)9-5-3-2-4-6-9/h2-7,11H,1H3/b8-7+. The van der Waals surface area contributed by atoms with Crippen molar-refractivity contribution in [1.82, 2.24) is 5.73 Å². The Kier molecular flexibility index (Phi) is 2.64. The first-order valence-corrected chi connectivity index (χ1v) is 3.69. The highest BCUT2D eigenvalue weighted by molar-refractivity contribution is 6.04. The topological polar surface area (TPSA) is 40.9 Å². The molecule has 61 valence electrons. The minimum Gasteiger partial charge on any atom is -0.305 e. The first kappa shape index (κ1) is 8.53. The van der Waals surface area contributed by atoms with Crippen molar-refractivity contribution in [2.75, 3.05) is 0 Å². The molecule has 0 aliphatic heterocycles. The lowest BCUT2D eigenvalue weighted by atomic mass is 10.1. The van der Waals surface area contributed by atoms with Gasteiger partial charge in [-0.25, -0.2) is 0 Å². The second-order valence-electron chi connectivity index (χ2n) is 2.56. The van der Waals surface area contributed by atoms with Crippen LogP contribution in [-0.4, -0.2) is 5.78 Å². The summed E-state index contributed by atoms with van der Waals surface area (Å²) in [4.78, 5) is 11.3. The Morgan fingerprint density at radius 2 is 1.92 bits per heavy atom. The van der Waals surface area contributed by atoms with Crippen LogP contribution < -0.4 is 5.73 Å². The van der Waals surface area contributed by atoms with Crippen molar-refractivity contribution in [3.63, 3.8) is 0 Å². The molecule has 1 N–H and O–H groups in total. The zero-order valence-corrected chi connectivity index (χ0v) is 6.87. The number of carbonyl (C=O) groups excluding carboxylic acids is 1. The van der Waals surface area contributed by atoms with Gasteiger partial charge in [0.2, 0.25) is 0 Å². The Morgan fingerprint density at radius 1 is 1.33 bits per heavy atom. The van der Waals surface area contributed by atoms with Crippen molar-refractivity contribution in [3.05, 3.63) is 47.7 Å². The molecular formula is C10H10NO. The molecule has 0 unspecified atom stereocenters. The summed E-state index contributed by atoms with van der Waals surface area (Å²) in [5.74, 6) is -0.108. The number of benzene rings is 1. The van der Waals surface area contributed by atoms with Crippen LogP contribution in [0.4, 0.5) is 0 Å². The van der Waals surface area contributed by atoms with Crippen molar-refractivity contribution >= 4 is 5.78 Å². The van der Waals surface area contributed by atoms with Crippen LogP contribution in [0.15, 0.2) is 42.1 Å². The molecule has 0 heterocycles. The summed E-state index contributed by atoms with van der Waals surface area (Å²) >= 11 is 0. The Morgan fingerprint density at radius 3 is 2.42 bits per heavy atom. The molecule has 12 heavy (non-hydrogen) atoms. The van der Waals surface area contributed by atoms with E-state index in [4.69, 9.17) is 5.73 Å². The van der Waals surface area contributed by atoms with Gasteiger partial charge >= 0.3 is 0 Å². The van der Waals surface area contributed by atoms with E-state index in [0.717, 1.165) is 0 Å². The molecule has 1 aromatic rings. The van der Waals surface area contributed by atoms with Crippen LogP contribution in [0, 0.1) is 0 Å². The van der Waals surface area contributed by atoms with Gasteiger partial charge in [0.15, 0.2) is 5.78 Å². The van der Waals surface area contributed by atoms with Crippen molar-refractivity contribution < 1.29 is 4.79 Å². The maximum Gasteiger partial charge on any atom is 0.187 e. The molecule has 1 aromatic carbocycles. The summed E-state index contributed by atoms with van der Waals surface area (Å²) in [5.41, 5.74) is 8.01. The van der Waals surface area contributed by atoms with Gasteiger partial charge < -0.3 is 5.73 Å². The van der Waals surface area contributed by atoms with Gasteiger partial charge in [-0.2, -0.15) is 0 Å². The molecular weight excluding hydrogens is 150 g/mol. The van der Waals surface area contributed by atoms with Crippen LogP contribution >= 0.6 is 0 Å². The van der Waals surface area contributed by atoms with Gasteiger partial charge in [-0.05, 0) is 6.92 Å². The van der Waals surface area contributed by atoms with Crippen LogP contribution in [0.1, 0.15) is 17.3 Å². The van der Waals surface area contributed by atoms with Gasteiger partial charge in [-0.3, -0.25) is 4.79 Å². The van der Waals surface area contributed by atoms with Crippen LogP contribution in [0.3, 0.4) is 0 Å². The fourth-order valence-electron chi connectivity index (χ4n) is 0.882. The molecule has 1 rings (SSSR count). The lowest BCUT2D eigenvalue weighted by Gasteiger charge is -1.93. The number of rotatable bonds is 2. The second kappa shape index (κ2) is 3.72. The van der Waals surface area contributed by atoms with Gasteiger partial charge in [0, 0.05) is 17.3 Å². The average molecular weight is 160 g/mol. The molecule has 0 fully saturated rings. The number of ketones is 1. The zero-order valence-electron chi connectivity index (χ0n) is 6.87. The quantitative estimate of drug-likeness (QED) is 0.482. The fourth-order valence-corrected chi connectivity index (χ4v) is 0.882. The summed E-state index contributed by atoms with van der Waals surface area (Å²) in [6.07, 6.45) is 1.31.